The number of nitrogens with zero attached hydrogens (tertiary/aromatic N) is 5. The molecule has 0 bridgehead atoms. The van der Waals surface area contributed by atoms with Crippen LogP contribution in [0.3, 0.4) is 0 Å². The molecule has 4 aromatic rings. The quantitative estimate of drug-likeness (QED) is 0.551. The standard InChI is InChI=1S/C21H18N6O3/c1-14(15-4-5-17-18(11-15)30-13-29-17)24-20(28)16-3-2-9-27(16)19-6-7-23-21(25-19)26-10-8-22-12-26/h2-12,14H,13H2,1H3,(H,24,28). The first kappa shape index (κ1) is 17.9. The third-order valence-corrected chi connectivity index (χ3v) is 4.84. The fourth-order valence-electron chi connectivity index (χ4n) is 3.28. The summed E-state index contributed by atoms with van der Waals surface area (Å²) in [6, 6.07) is 10.7. The lowest BCUT2D eigenvalue weighted by Gasteiger charge is -2.16. The summed E-state index contributed by atoms with van der Waals surface area (Å²) in [5, 5.41) is 3.03. The van der Waals surface area contributed by atoms with E-state index < -0.39 is 0 Å². The largest absolute Gasteiger partial charge is 0.454 e. The zero-order valence-corrected chi connectivity index (χ0v) is 16.1. The van der Waals surface area contributed by atoms with Gasteiger partial charge in [0.15, 0.2) is 11.5 Å². The van der Waals surface area contributed by atoms with E-state index in [2.05, 4.69) is 20.3 Å². The summed E-state index contributed by atoms with van der Waals surface area (Å²) >= 11 is 0. The van der Waals surface area contributed by atoms with E-state index in [0.29, 0.717) is 29.0 Å². The number of carbonyl (C=O) groups excluding carboxylic acids is 1. The normalized spacial score (nSPS) is 13.2. The molecular formula is C21H18N6O3. The van der Waals surface area contributed by atoms with E-state index in [9.17, 15) is 4.79 Å². The van der Waals surface area contributed by atoms with Crippen LogP contribution in [0.2, 0.25) is 0 Å². The molecule has 1 aliphatic heterocycles. The van der Waals surface area contributed by atoms with Crippen molar-refractivity contribution in [1.82, 2.24) is 29.4 Å². The number of carbonyl (C=O) groups is 1. The highest BCUT2D eigenvalue weighted by Crippen LogP contribution is 2.34. The van der Waals surface area contributed by atoms with Crippen LogP contribution in [0, 0.1) is 0 Å². The molecular weight excluding hydrogens is 384 g/mol. The number of fused-ring (bicyclic) bond motifs is 1. The first-order chi connectivity index (χ1) is 14.7. The number of rotatable bonds is 5. The number of amides is 1. The summed E-state index contributed by atoms with van der Waals surface area (Å²) in [5.74, 6) is 2.24. The van der Waals surface area contributed by atoms with Crippen LogP contribution in [0.5, 0.6) is 11.5 Å². The van der Waals surface area contributed by atoms with Gasteiger partial charge in [0.2, 0.25) is 12.7 Å². The molecule has 1 atom stereocenters. The van der Waals surface area contributed by atoms with E-state index in [4.69, 9.17) is 9.47 Å². The van der Waals surface area contributed by atoms with E-state index in [1.165, 1.54) is 0 Å². The molecule has 0 fully saturated rings. The van der Waals surface area contributed by atoms with E-state index >= 15 is 0 Å². The van der Waals surface area contributed by atoms with E-state index in [1.54, 1.807) is 58.4 Å². The summed E-state index contributed by atoms with van der Waals surface area (Å²) in [6.45, 7) is 2.14. The molecule has 0 saturated heterocycles. The Morgan fingerprint density at radius 3 is 2.90 bits per heavy atom. The molecule has 0 radical (unpaired) electrons. The number of imidazole rings is 1. The molecule has 1 N–H and O–H groups in total. The molecule has 4 heterocycles. The molecule has 1 amide bonds. The lowest BCUT2D eigenvalue weighted by atomic mass is 10.1. The van der Waals surface area contributed by atoms with E-state index in [1.807, 2.05) is 25.1 Å². The zero-order chi connectivity index (χ0) is 20.5. The van der Waals surface area contributed by atoms with Gasteiger partial charge in [0.05, 0.1) is 6.04 Å². The zero-order valence-electron chi connectivity index (χ0n) is 16.1. The fraction of sp³-hybridized carbons (Fsp3) is 0.143. The number of hydrogen-bond donors (Lipinski definition) is 1. The molecule has 0 spiro atoms. The summed E-state index contributed by atoms with van der Waals surface area (Å²) in [7, 11) is 0. The Kier molecular flexibility index (Phi) is 4.40. The van der Waals surface area contributed by atoms with E-state index in [0.717, 1.165) is 5.56 Å². The van der Waals surface area contributed by atoms with Gasteiger partial charge in [-0.05, 0) is 42.8 Å². The molecule has 5 rings (SSSR count). The van der Waals surface area contributed by atoms with Gasteiger partial charge in [0.25, 0.3) is 5.91 Å². The smallest absolute Gasteiger partial charge is 0.268 e. The van der Waals surface area contributed by atoms with Crippen LogP contribution >= 0.6 is 0 Å². The molecule has 1 aliphatic rings. The van der Waals surface area contributed by atoms with Gasteiger partial charge >= 0.3 is 0 Å². The number of ether oxygens (including phenoxy) is 2. The average molecular weight is 402 g/mol. The molecule has 1 aromatic carbocycles. The van der Waals surface area contributed by atoms with Crippen LogP contribution in [-0.4, -0.2) is 36.8 Å². The summed E-state index contributed by atoms with van der Waals surface area (Å²) in [5.41, 5.74) is 1.40. The van der Waals surface area contributed by atoms with Crippen LogP contribution in [0.1, 0.15) is 29.0 Å². The van der Waals surface area contributed by atoms with Gasteiger partial charge in [-0.15, -0.1) is 0 Å². The molecule has 0 aliphatic carbocycles. The van der Waals surface area contributed by atoms with Crippen molar-refractivity contribution in [3.05, 3.63) is 78.8 Å². The highest BCUT2D eigenvalue weighted by atomic mass is 16.7. The van der Waals surface area contributed by atoms with Crippen molar-refractivity contribution >= 4 is 5.91 Å². The highest BCUT2D eigenvalue weighted by Gasteiger charge is 2.19. The third-order valence-electron chi connectivity index (χ3n) is 4.84. The van der Waals surface area contributed by atoms with Crippen molar-refractivity contribution < 1.29 is 14.3 Å². The Hall–Kier alpha value is -4.14. The van der Waals surface area contributed by atoms with Crippen LogP contribution in [-0.2, 0) is 0 Å². The van der Waals surface area contributed by atoms with Gasteiger partial charge in [-0.2, -0.15) is 4.98 Å². The Bertz CT molecular complexity index is 1200. The van der Waals surface area contributed by atoms with Gasteiger partial charge < -0.3 is 14.8 Å². The number of benzene rings is 1. The van der Waals surface area contributed by atoms with Crippen molar-refractivity contribution in [2.45, 2.75) is 13.0 Å². The van der Waals surface area contributed by atoms with Crippen molar-refractivity contribution in [3.63, 3.8) is 0 Å². The maximum atomic E-state index is 13.0. The first-order valence-electron chi connectivity index (χ1n) is 9.38. The second-order valence-electron chi connectivity index (χ2n) is 6.76. The Labute approximate surface area is 171 Å². The van der Waals surface area contributed by atoms with Gasteiger partial charge in [-0.3, -0.25) is 13.9 Å². The topological polar surface area (TPSA) is 96.1 Å². The molecule has 9 heteroatoms. The number of nitrogens with one attached hydrogen (secondary N) is 1. The first-order valence-corrected chi connectivity index (χ1v) is 9.38. The molecule has 9 nitrogen and oxygen atoms in total. The van der Waals surface area contributed by atoms with Crippen molar-refractivity contribution in [2.24, 2.45) is 0 Å². The van der Waals surface area contributed by atoms with Gasteiger partial charge in [-0.25, -0.2) is 9.97 Å². The minimum absolute atomic E-state index is 0.215. The average Bonchev–Trinajstić information content (AvgIpc) is 3.54. The van der Waals surface area contributed by atoms with E-state index in [-0.39, 0.29) is 18.7 Å². The number of aromatic nitrogens is 5. The van der Waals surface area contributed by atoms with Crippen molar-refractivity contribution in [3.8, 4) is 23.3 Å². The van der Waals surface area contributed by atoms with Crippen LogP contribution in [0.4, 0.5) is 0 Å². The lowest BCUT2D eigenvalue weighted by Crippen LogP contribution is -2.28. The molecule has 0 saturated carbocycles. The van der Waals surface area contributed by atoms with Crippen LogP contribution in [0.15, 0.2) is 67.5 Å². The minimum atomic E-state index is -0.220. The van der Waals surface area contributed by atoms with Crippen molar-refractivity contribution in [1.29, 1.82) is 0 Å². The predicted molar refractivity (Wildman–Crippen MR) is 107 cm³/mol. The van der Waals surface area contributed by atoms with Crippen LogP contribution < -0.4 is 14.8 Å². The van der Waals surface area contributed by atoms with Gasteiger partial charge in [0, 0.05) is 24.8 Å². The Morgan fingerprint density at radius 1 is 1.13 bits per heavy atom. The van der Waals surface area contributed by atoms with Gasteiger partial charge in [0.1, 0.15) is 17.8 Å². The Balaban J connectivity index is 1.38. The highest BCUT2D eigenvalue weighted by molar-refractivity contribution is 5.93. The lowest BCUT2D eigenvalue weighted by molar-refractivity contribution is 0.0933. The summed E-state index contributed by atoms with van der Waals surface area (Å²) < 4.78 is 14.2. The Morgan fingerprint density at radius 2 is 2.03 bits per heavy atom. The SMILES string of the molecule is CC(NC(=O)c1cccn1-c1ccnc(-n2ccnc2)n1)c1ccc2c(c1)OCO2. The molecule has 1 unspecified atom stereocenters. The summed E-state index contributed by atoms with van der Waals surface area (Å²) in [6.07, 6.45) is 8.47. The minimum Gasteiger partial charge on any atom is -0.454 e. The van der Waals surface area contributed by atoms with Gasteiger partial charge in [-0.1, -0.05) is 6.07 Å². The van der Waals surface area contributed by atoms with Crippen molar-refractivity contribution in [2.75, 3.05) is 6.79 Å². The summed E-state index contributed by atoms with van der Waals surface area (Å²) in [4.78, 5) is 25.8. The molecule has 30 heavy (non-hydrogen) atoms. The third kappa shape index (κ3) is 3.26. The maximum Gasteiger partial charge on any atom is 0.268 e. The molecule has 150 valence electrons. The number of hydrogen-bond acceptors (Lipinski definition) is 6. The predicted octanol–water partition coefficient (Wildman–Crippen LogP) is 2.67. The maximum absolute atomic E-state index is 13.0. The second kappa shape index (κ2) is 7.36. The second-order valence-corrected chi connectivity index (χ2v) is 6.76. The fourth-order valence-corrected chi connectivity index (χ4v) is 3.28. The monoisotopic (exact) mass is 402 g/mol. The van der Waals surface area contributed by atoms with Crippen LogP contribution in [0.25, 0.3) is 11.8 Å². The molecule has 3 aromatic heterocycles.